The van der Waals surface area contributed by atoms with Crippen LogP contribution < -0.4 is 5.32 Å². The van der Waals surface area contributed by atoms with Crippen LogP contribution in [0.4, 0.5) is 10.5 Å². The number of amides is 3. The second kappa shape index (κ2) is 8.18. The zero-order valence-electron chi connectivity index (χ0n) is 14.3. The largest absolute Gasteiger partial charge is 0.338 e. The van der Waals surface area contributed by atoms with Gasteiger partial charge in [0.15, 0.2) is 0 Å². The molecule has 0 unspecified atom stereocenters. The van der Waals surface area contributed by atoms with Gasteiger partial charge in [0.05, 0.1) is 0 Å². The lowest BCUT2D eigenvalue weighted by molar-refractivity contribution is -0.133. The third-order valence-corrected chi connectivity index (χ3v) is 4.87. The average molecular weight is 329 g/mol. The Morgan fingerprint density at radius 2 is 1.75 bits per heavy atom. The fourth-order valence-corrected chi connectivity index (χ4v) is 3.47. The van der Waals surface area contributed by atoms with Gasteiger partial charge in [0.1, 0.15) is 0 Å². The molecule has 0 aromatic heterocycles. The highest BCUT2D eigenvalue weighted by atomic mass is 16.2. The highest BCUT2D eigenvalue weighted by Crippen LogP contribution is 2.18. The van der Waals surface area contributed by atoms with E-state index in [9.17, 15) is 9.59 Å². The van der Waals surface area contributed by atoms with E-state index in [1.54, 1.807) is 0 Å². The molecule has 0 radical (unpaired) electrons. The molecule has 0 spiro atoms. The van der Waals surface area contributed by atoms with Crippen LogP contribution in [0.1, 0.15) is 50.5 Å². The summed E-state index contributed by atoms with van der Waals surface area (Å²) >= 11 is 0. The van der Waals surface area contributed by atoms with E-state index in [2.05, 4.69) is 5.32 Å². The molecule has 2 aliphatic heterocycles. The van der Waals surface area contributed by atoms with Crippen molar-refractivity contribution in [2.24, 2.45) is 0 Å². The van der Waals surface area contributed by atoms with E-state index in [0.29, 0.717) is 13.0 Å². The molecule has 0 saturated carbocycles. The first-order valence-corrected chi connectivity index (χ1v) is 9.15. The molecule has 5 heteroatoms. The molecule has 2 aliphatic rings. The first-order valence-electron chi connectivity index (χ1n) is 9.15. The molecule has 0 aliphatic carbocycles. The van der Waals surface area contributed by atoms with Gasteiger partial charge in [0, 0.05) is 38.3 Å². The van der Waals surface area contributed by atoms with Gasteiger partial charge < -0.3 is 15.1 Å². The Morgan fingerprint density at radius 1 is 1.00 bits per heavy atom. The molecule has 0 bridgehead atoms. The first-order chi connectivity index (χ1) is 11.7. The Labute approximate surface area is 144 Å². The van der Waals surface area contributed by atoms with Gasteiger partial charge in [-0.25, -0.2) is 4.79 Å². The summed E-state index contributed by atoms with van der Waals surface area (Å²) in [7, 11) is 0. The summed E-state index contributed by atoms with van der Waals surface area (Å²) in [5.74, 6) is 0.236. The number of carbonyl (C=O) groups excluding carboxylic acids is 2. The van der Waals surface area contributed by atoms with E-state index in [-0.39, 0.29) is 11.9 Å². The molecule has 0 atom stereocenters. The van der Waals surface area contributed by atoms with Crippen LogP contribution >= 0.6 is 0 Å². The smallest absolute Gasteiger partial charge is 0.321 e. The number of benzene rings is 1. The number of carbonyl (C=O) groups is 2. The Morgan fingerprint density at radius 3 is 2.50 bits per heavy atom. The topological polar surface area (TPSA) is 52.7 Å². The summed E-state index contributed by atoms with van der Waals surface area (Å²) in [5, 5.41) is 3.01. The van der Waals surface area contributed by atoms with Gasteiger partial charge in [-0.1, -0.05) is 25.0 Å². The van der Waals surface area contributed by atoms with E-state index in [0.717, 1.165) is 56.6 Å². The number of hydrogen-bond donors (Lipinski definition) is 1. The van der Waals surface area contributed by atoms with Gasteiger partial charge in [-0.05, 0) is 43.4 Å². The monoisotopic (exact) mass is 329 g/mol. The molecule has 2 saturated heterocycles. The molecule has 5 nitrogen and oxygen atoms in total. The Hall–Kier alpha value is -2.04. The second-order valence-corrected chi connectivity index (χ2v) is 6.80. The van der Waals surface area contributed by atoms with Crippen molar-refractivity contribution in [3.63, 3.8) is 0 Å². The average Bonchev–Trinajstić information content (AvgIpc) is 2.87. The quantitative estimate of drug-likeness (QED) is 0.921. The van der Waals surface area contributed by atoms with E-state index < -0.39 is 0 Å². The van der Waals surface area contributed by atoms with Gasteiger partial charge in [0.25, 0.3) is 0 Å². The lowest BCUT2D eigenvalue weighted by Gasteiger charge is -2.27. The maximum Gasteiger partial charge on any atom is 0.321 e. The summed E-state index contributed by atoms with van der Waals surface area (Å²) in [6.07, 6.45) is 7.34. The third kappa shape index (κ3) is 4.49. The van der Waals surface area contributed by atoms with Crippen LogP contribution in [0.15, 0.2) is 24.3 Å². The molecule has 1 aromatic carbocycles. The van der Waals surface area contributed by atoms with Crippen molar-refractivity contribution in [3.05, 3.63) is 29.8 Å². The molecule has 3 amide bonds. The number of urea groups is 1. The van der Waals surface area contributed by atoms with E-state index in [1.165, 1.54) is 12.8 Å². The molecule has 2 fully saturated rings. The maximum absolute atomic E-state index is 12.4. The van der Waals surface area contributed by atoms with Crippen LogP contribution in [0, 0.1) is 0 Å². The summed E-state index contributed by atoms with van der Waals surface area (Å²) in [4.78, 5) is 28.2. The standard InChI is InChI=1S/C19H27N3O2/c23-18-10-3-6-13-22(18)15-16-8-7-9-17(14-16)20-19(24)21-11-4-1-2-5-12-21/h7-9,14H,1-6,10-13,15H2,(H,20,24). The van der Waals surface area contributed by atoms with Gasteiger partial charge in [-0.3, -0.25) is 4.79 Å². The van der Waals surface area contributed by atoms with Crippen molar-refractivity contribution in [1.29, 1.82) is 0 Å². The number of nitrogens with zero attached hydrogens (tertiary/aromatic N) is 2. The normalized spacial score (nSPS) is 19.1. The molecular weight excluding hydrogens is 302 g/mol. The van der Waals surface area contributed by atoms with Crippen LogP contribution in [0.3, 0.4) is 0 Å². The number of anilines is 1. The minimum Gasteiger partial charge on any atom is -0.338 e. The van der Waals surface area contributed by atoms with Crippen LogP contribution in [0.25, 0.3) is 0 Å². The minimum atomic E-state index is -0.0110. The summed E-state index contributed by atoms with van der Waals surface area (Å²) < 4.78 is 0. The SMILES string of the molecule is O=C1CCCCN1Cc1cccc(NC(=O)N2CCCCCC2)c1. The van der Waals surface area contributed by atoms with Crippen molar-refractivity contribution in [2.75, 3.05) is 25.0 Å². The number of nitrogens with one attached hydrogen (secondary N) is 1. The highest BCUT2D eigenvalue weighted by Gasteiger charge is 2.19. The predicted octanol–water partition coefficient (Wildman–Crippen LogP) is 3.61. The Bertz CT molecular complexity index is 580. The molecule has 24 heavy (non-hydrogen) atoms. The van der Waals surface area contributed by atoms with Crippen LogP contribution in [-0.2, 0) is 11.3 Å². The van der Waals surface area contributed by atoms with Crippen molar-refractivity contribution in [3.8, 4) is 0 Å². The van der Waals surface area contributed by atoms with Crippen LogP contribution in [0.2, 0.25) is 0 Å². The fraction of sp³-hybridized carbons (Fsp3) is 0.579. The zero-order chi connectivity index (χ0) is 16.8. The number of rotatable bonds is 3. The van der Waals surface area contributed by atoms with E-state index in [1.807, 2.05) is 34.1 Å². The molecule has 3 rings (SSSR count). The van der Waals surface area contributed by atoms with Crippen LogP contribution in [-0.4, -0.2) is 41.4 Å². The highest BCUT2D eigenvalue weighted by molar-refractivity contribution is 5.89. The van der Waals surface area contributed by atoms with Crippen molar-refractivity contribution < 1.29 is 9.59 Å². The first kappa shape index (κ1) is 16.8. The van der Waals surface area contributed by atoms with E-state index >= 15 is 0 Å². The van der Waals surface area contributed by atoms with Crippen LogP contribution in [0.5, 0.6) is 0 Å². The number of hydrogen-bond acceptors (Lipinski definition) is 2. The van der Waals surface area contributed by atoms with Gasteiger partial charge in [0.2, 0.25) is 5.91 Å². The number of likely N-dealkylation sites (tertiary alicyclic amines) is 2. The maximum atomic E-state index is 12.4. The minimum absolute atomic E-state index is 0.0110. The van der Waals surface area contributed by atoms with Gasteiger partial charge >= 0.3 is 6.03 Å². The van der Waals surface area contributed by atoms with E-state index in [4.69, 9.17) is 0 Å². The van der Waals surface area contributed by atoms with Crippen molar-refractivity contribution in [2.45, 2.75) is 51.5 Å². The molecular formula is C19H27N3O2. The fourth-order valence-electron chi connectivity index (χ4n) is 3.47. The summed E-state index contributed by atoms with van der Waals surface area (Å²) in [6, 6.07) is 7.85. The number of piperidine rings is 1. The Balaban J connectivity index is 1.60. The Kier molecular flexibility index (Phi) is 5.72. The molecule has 130 valence electrons. The second-order valence-electron chi connectivity index (χ2n) is 6.80. The molecule has 1 N–H and O–H groups in total. The van der Waals surface area contributed by atoms with Crippen molar-refractivity contribution in [1.82, 2.24) is 9.80 Å². The van der Waals surface area contributed by atoms with Gasteiger partial charge in [-0.2, -0.15) is 0 Å². The van der Waals surface area contributed by atoms with Crippen molar-refractivity contribution >= 4 is 17.6 Å². The summed E-state index contributed by atoms with van der Waals surface area (Å²) in [5.41, 5.74) is 1.88. The predicted molar refractivity (Wildman–Crippen MR) is 94.8 cm³/mol. The summed E-state index contributed by atoms with van der Waals surface area (Å²) in [6.45, 7) is 3.15. The third-order valence-electron chi connectivity index (χ3n) is 4.87. The molecule has 2 heterocycles. The van der Waals surface area contributed by atoms with Gasteiger partial charge in [-0.15, -0.1) is 0 Å². The molecule has 1 aromatic rings. The zero-order valence-corrected chi connectivity index (χ0v) is 14.3. The lowest BCUT2D eigenvalue weighted by atomic mass is 10.1. The lowest BCUT2D eigenvalue weighted by Crippen LogP contribution is -2.36.